The first kappa shape index (κ1) is 13.0. The molecule has 2 N–H and O–H groups in total. The Bertz CT molecular complexity index is 554. The molecule has 0 aromatic heterocycles. The second-order valence-corrected chi connectivity index (χ2v) is 5.28. The van der Waals surface area contributed by atoms with Gasteiger partial charge in [0.05, 0.1) is 5.75 Å². The fourth-order valence-corrected chi connectivity index (χ4v) is 2.46. The summed E-state index contributed by atoms with van der Waals surface area (Å²) in [6, 6.07) is 14.4. The number of halogens is 1. The van der Waals surface area contributed by atoms with E-state index in [0.717, 1.165) is 4.90 Å². The Balaban J connectivity index is 1.98. The van der Waals surface area contributed by atoms with Crippen LogP contribution in [0.5, 0.6) is 0 Å². The molecule has 0 saturated heterocycles. The van der Waals surface area contributed by atoms with Crippen LogP contribution in [0.3, 0.4) is 0 Å². The van der Waals surface area contributed by atoms with Crippen molar-refractivity contribution in [1.29, 1.82) is 0 Å². The molecule has 0 heterocycles. The first-order valence-corrected chi connectivity index (χ1v) is 6.78. The van der Waals surface area contributed by atoms with E-state index in [4.69, 9.17) is 17.3 Å². The molecule has 0 amide bonds. The summed E-state index contributed by atoms with van der Waals surface area (Å²) in [5, 5.41) is 0.634. The zero-order valence-electron chi connectivity index (χ0n) is 9.60. The highest BCUT2D eigenvalue weighted by atomic mass is 35.5. The Morgan fingerprint density at radius 2 is 1.89 bits per heavy atom. The zero-order valence-corrected chi connectivity index (χ0v) is 11.2. The van der Waals surface area contributed by atoms with E-state index < -0.39 is 0 Å². The third-order valence-corrected chi connectivity index (χ3v) is 3.64. The molecule has 2 rings (SSSR count). The number of benzene rings is 2. The van der Waals surface area contributed by atoms with Gasteiger partial charge in [-0.1, -0.05) is 17.7 Å². The van der Waals surface area contributed by atoms with Gasteiger partial charge in [0.15, 0.2) is 5.78 Å². The van der Waals surface area contributed by atoms with Gasteiger partial charge in [-0.3, -0.25) is 4.79 Å². The number of ketones is 1. The summed E-state index contributed by atoms with van der Waals surface area (Å²) < 4.78 is 0. The standard InChI is InChI=1S/C14H12ClNOS/c15-11-6-4-10(5-7-11)14(17)9-18-13-3-1-2-12(16)8-13/h1-8H,9,16H2. The molecule has 0 spiro atoms. The van der Waals surface area contributed by atoms with Crippen molar-refractivity contribution in [3.8, 4) is 0 Å². The molecule has 18 heavy (non-hydrogen) atoms. The molecule has 0 unspecified atom stereocenters. The van der Waals surface area contributed by atoms with Crippen molar-refractivity contribution in [1.82, 2.24) is 0 Å². The van der Waals surface area contributed by atoms with E-state index in [0.29, 0.717) is 22.0 Å². The number of carbonyl (C=O) groups excluding carboxylic acids is 1. The summed E-state index contributed by atoms with van der Waals surface area (Å²) in [6.45, 7) is 0. The van der Waals surface area contributed by atoms with Gasteiger partial charge in [-0.05, 0) is 42.5 Å². The maximum Gasteiger partial charge on any atom is 0.173 e. The lowest BCUT2D eigenvalue weighted by molar-refractivity contribution is 0.102. The number of hydrogen-bond acceptors (Lipinski definition) is 3. The van der Waals surface area contributed by atoms with Crippen LogP contribution in [0.1, 0.15) is 10.4 Å². The summed E-state index contributed by atoms with van der Waals surface area (Å²) in [6.07, 6.45) is 0. The minimum Gasteiger partial charge on any atom is -0.399 e. The van der Waals surface area contributed by atoms with Crippen molar-refractivity contribution in [2.45, 2.75) is 4.90 Å². The van der Waals surface area contributed by atoms with Crippen LogP contribution in [-0.4, -0.2) is 11.5 Å². The fraction of sp³-hybridized carbons (Fsp3) is 0.0714. The van der Waals surface area contributed by atoms with Crippen molar-refractivity contribution in [2.24, 2.45) is 0 Å². The predicted octanol–water partition coefficient (Wildman–Crippen LogP) is 3.90. The van der Waals surface area contributed by atoms with E-state index in [-0.39, 0.29) is 5.78 Å². The minimum absolute atomic E-state index is 0.0825. The quantitative estimate of drug-likeness (QED) is 0.524. The maximum atomic E-state index is 11.9. The van der Waals surface area contributed by atoms with Gasteiger partial charge in [-0.2, -0.15) is 0 Å². The first-order valence-electron chi connectivity index (χ1n) is 5.42. The van der Waals surface area contributed by atoms with Crippen molar-refractivity contribution >= 4 is 34.8 Å². The lowest BCUT2D eigenvalue weighted by atomic mass is 10.1. The molecule has 0 saturated carbocycles. The SMILES string of the molecule is Nc1cccc(SCC(=O)c2ccc(Cl)cc2)c1. The Labute approximate surface area is 115 Å². The van der Waals surface area contributed by atoms with Gasteiger partial charge in [-0.15, -0.1) is 11.8 Å². The molecule has 0 aliphatic heterocycles. The molecule has 0 aliphatic rings. The number of nitrogen functional groups attached to an aromatic ring is 1. The summed E-state index contributed by atoms with van der Waals surface area (Å²) >= 11 is 7.26. The number of carbonyl (C=O) groups is 1. The Hall–Kier alpha value is -1.45. The van der Waals surface area contributed by atoms with E-state index in [2.05, 4.69) is 0 Å². The molecular weight excluding hydrogens is 266 g/mol. The molecule has 2 aromatic rings. The molecule has 4 heteroatoms. The van der Waals surface area contributed by atoms with Gasteiger partial charge in [0.1, 0.15) is 0 Å². The lowest BCUT2D eigenvalue weighted by Crippen LogP contribution is -2.01. The van der Waals surface area contributed by atoms with Gasteiger partial charge in [0.25, 0.3) is 0 Å². The summed E-state index contributed by atoms with van der Waals surface area (Å²) in [4.78, 5) is 12.9. The fourth-order valence-electron chi connectivity index (χ4n) is 1.47. The van der Waals surface area contributed by atoms with E-state index in [1.54, 1.807) is 24.3 Å². The summed E-state index contributed by atoms with van der Waals surface area (Å²) in [5.41, 5.74) is 7.06. The van der Waals surface area contributed by atoms with Crippen LogP contribution in [-0.2, 0) is 0 Å². The van der Waals surface area contributed by atoms with Gasteiger partial charge in [0.2, 0.25) is 0 Å². The normalized spacial score (nSPS) is 10.3. The number of rotatable bonds is 4. The lowest BCUT2D eigenvalue weighted by Gasteiger charge is -2.03. The van der Waals surface area contributed by atoms with Gasteiger partial charge in [-0.25, -0.2) is 0 Å². The molecule has 2 aromatic carbocycles. The van der Waals surface area contributed by atoms with Crippen molar-refractivity contribution in [2.75, 3.05) is 11.5 Å². The van der Waals surface area contributed by atoms with Gasteiger partial charge < -0.3 is 5.73 Å². The Kier molecular flexibility index (Phi) is 4.28. The van der Waals surface area contributed by atoms with E-state index in [1.165, 1.54) is 11.8 Å². The number of anilines is 1. The molecule has 0 aliphatic carbocycles. The third-order valence-electron chi connectivity index (χ3n) is 2.39. The van der Waals surface area contributed by atoms with Crippen LogP contribution in [0, 0.1) is 0 Å². The van der Waals surface area contributed by atoms with E-state index in [9.17, 15) is 4.79 Å². The number of Topliss-reactive ketones (excluding diaryl/α,β-unsaturated/α-hetero) is 1. The Morgan fingerprint density at radius 1 is 1.17 bits per heavy atom. The van der Waals surface area contributed by atoms with Crippen LogP contribution in [0.15, 0.2) is 53.4 Å². The van der Waals surface area contributed by atoms with Gasteiger partial charge in [0, 0.05) is 21.2 Å². The van der Waals surface area contributed by atoms with Crippen molar-refractivity contribution < 1.29 is 4.79 Å². The number of nitrogens with two attached hydrogens (primary N) is 1. The third kappa shape index (κ3) is 3.52. The number of hydrogen-bond donors (Lipinski definition) is 1. The summed E-state index contributed by atoms with van der Waals surface area (Å²) in [5.74, 6) is 0.476. The second-order valence-electron chi connectivity index (χ2n) is 3.79. The molecule has 2 nitrogen and oxygen atoms in total. The molecule has 0 atom stereocenters. The monoisotopic (exact) mass is 277 g/mol. The number of thioether (sulfide) groups is 1. The maximum absolute atomic E-state index is 11.9. The highest BCUT2D eigenvalue weighted by Gasteiger charge is 2.06. The van der Waals surface area contributed by atoms with Crippen molar-refractivity contribution in [3.63, 3.8) is 0 Å². The minimum atomic E-state index is 0.0825. The second kappa shape index (κ2) is 5.94. The zero-order chi connectivity index (χ0) is 13.0. The molecule has 92 valence electrons. The van der Waals surface area contributed by atoms with Crippen LogP contribution in [0.4, 0.5) is 5.69 Å². The summed E-state index contributed by atoms with van der Waals surface area (Å²) in [7, 11) is 0. The van der Waals surface area contributed by atoms with E-state index >= 15 is 0 Å². The largest absolute Gasteiger partial charge is 0.399 e. The predicted molar refractivity (Wildman–Crippen MR) is 77.4 cm³/mol. The van der Waals surface area contributed by atoms with Crippen LogP contribution in [0.25, 0.3) is 0 Å². The van der Waals surface area contributed by atoms with E-state index in [1.807, 2.05) is 24.3 Å². The average molecular weight is 278 g/mol. The van der Waals surface area contributed by atoms with Crippen molar-refractivity contribution in [3.05, 3.63) is 59.1 Å². The molecule has 0 bridgehead atoms. The molecular formula is C14H12ClNOS. The Morgan fingerprint density at radius 3 is 2.56 bits per heavy atom. The van der Waals surface area contributed by atoms with Crippen LogP contribution >= 0.6 is 23.4 Å². The van der Waals surface area contributed by atoms with Gasteiger partial charge >= 0.3 is 0 Å². The smallest absolute Gasteiger partial charge is 0.173 e. The first-order chi connectivity index (χ1) is 8.65. The van der Waals surface area contributed by atoms with Crippen LogP contribution in [0.2, 0.25) is 5.02 Å². The highest BCUT2D eigenvalue weighted by Crippen LogP contribution is 2.21. The average Bonchev–Trinajstić information content (AvgIpc) is 2.37. The highest BCUT2D eigenvalue weighted by molar-refractivity contribution is 8.00. The van der Waals surface area contributed by atoms with Crippen LogP contribution < -0.4 is 5.73 Å². The molecule has 0 radical (unpaired) electrons. The topological polar surface area (TPSA) is 43.1 Å². The molecule has 0 fully saturated rings.